The summed E-state index contributed by atoms with van der Waals surface area (Å²) < 4.78 is 11.2. The van der Waals surface area contributed by atoms with Gasteiger partial charge in [0, 0.05) is 11.6 Å². The number of allylic oxidation sites excluding steroid dienone is 1. The zero-order valence-corrected chi connectivity index (χ0v) is 18.3. The van der Waals surface area contributed by atoms with Crippen LogP contribution in [0.4, 0.5) is 11.4 Å². The van der Waals surface area contributed by atoms with E-state index >= 15 is 0 Å². The molecule has 2 amide bonds. The van der Waals surface area contributed by atoms with Crippen LogP contribution in [0.15, 0.2) is 48.6 Å². The maximum Gasteiger partial charge on any atom is 0.318 e. The molecule has 3 rings (SSSR count). The molecule has 0 aliphatic carbocycles. The number of thiocarbonyl (C=S) groups is 1. The van der Waals surface area contributed by atoms with Gasteiger partial charge in [-0.1, -0.05) is 6.08 Å². The number of non-ortho nitro benzene ring substituents is 1. The maximum absolute atomic E-state index is 12.2. The molecular weight excluding hydrogens is 468 g/mol. The topological polar surface area (TPSA) is 163 Å². The molecule has 0 radical (unpaired) electrons. The lowest BCUT2D eigenvalue weighted by Crippen LogP contribution is -2.51. The van der Waals surface area contributed by atoms with E-state index in [-0.39, 0.29) is 34.4 Å². The number of carbonyl (C=O) groups is 2. The first kappa shape index (κ1) is 24.0. The third-order valence-electron chi connectivity index (χ3n) is 4.55. The molecule has 0 unspecified atom stereocenters. The molecule has 2 aromatic rings. The molecule has 1 fully saturated rings. The predicted octanol–water partition coefficient (Wildman–Crippen LogP) is 2.95. The number of nitro groups is 2. The number of methoxy groups -OCH3 is 1. The Balaban J connectivity index is 2.10. The van der Waals surface area contributed by atoms with Crippen LogP contribution in [0.2, 0.25) is 0 Å². The van der Waals surface area contributed by atoms with Crippen molar-refractivity contribution in [1.29, 1.82) is 0 Å². The van der Waals surface area contributed by atoms with Gasteiger partial charge >= 0.3 is 5.69 Å². The molecule has 12 nitrogen and oxygen atoms in total. The van der Waals surface area contributed by atoms with Crippen LogP contribution in [0.25, 0.3) is 6.08 Å². The molecule has 34 heavy (non-hydrogen) atoms. The predicted molar refractivity (Wildman–Crippen MR) is 124 cm³/mol. The van der Waals surface area contributed by atoms with Crippen LogP contribution in [-0.2, 0) is 16.0 Å². The van der Waals surface area contributed by atoms with Crippen LogP contribution in [0.3, 0.4) is 0 Å². The molecule has 1 saturated heterocycles. The van der Waals surface area contributed by atoms with Gasteiger partial charge in [-0.05, 0) is 48.5 Å². The maximum atomic E-state index is 12.2. The Morgan fingerprint density at radius 3 is 2.29 bits per heavy atom. The summed E-state index contributed by atoms with van der Waals surface area (Å²) >= 11 is 4.78. The average molecular weight is 484 g/mol. The second kappa shape index (κ2) is 9.87. The Kier molecular flexibility index (Phi) is 6.97. The van der Waals surface area contributed by atoms with Crippen molar-refractivity contribution in [2.75, 3.05) is 7.11 Å². The van der Waals surface area contributed by atoms with Crippen LogP contribution in [0.5, 0.6) is 17.2 Å². The van der Waals surface area contributed by atoms with Gasteiger partial charge in [0.05, 0.1) is 23.0 Å². The van der Waals surface area contributed by atoms with E-state index in [1.807, 2.05) is 0 Å². The SMILES string of the molecule is C=CCc1cc(C=C2C(=O)NC(=S)NC2=O)cc(OC)c1Oc1ccc([N+](=O)[O-])cc1[N+](=O)[O-]. The highest BCUT2D eigenvalue weighted by Crippen LogP contribution is 2.41. The number of hydrogen-bond donors (Lipinski definition) is 2. The Labute approximate surface area is 197 Å². The molecule has 2 aromatic carbocycles. The standard InChI is InChI=1S/C21H16N4O8S/c1-3-4-12-7-11(8-14-19(26)22-21(34)23-20(14)27)9-17(32-2)18(12)33-16-6-5-13(24(28)29)10-15(16)25(30)31/h3,5-10H,1,4H2,2H3,(H2,22,23,26,27,34). The van der Waals surface area contributed by atoms with Gasteiger partial charge in [0.1, 0.15) is 5.57 Å². The second-order valence-corrected chi connectivity index (χ2v) is 7.18. The van der Waals surface area contributed by atoms with Gasteiger partial charge in [-0.3, -0.25) is 40.5 Å². The highest BCUT2D eigenvalue weighted by molar-refractivity contribution is 7.80. The number of amides is 2. The lowest BCUT2D eigenvalue weighted by molar-refractivity contribution is -0.394. The van der Waals surface area contributed by atoms with E-state index in [0.717, 1.165) is 18.2 Å². The lowest BCUT2D eigenvalue weighted by atomic mass is 10.0. The van der Waals surface area contributed by atoms with Crippen LogP contribution in [0, 0.1) is 20.2 Å². The summed E-state index contributed by atoms with van der Waals surface area (Å²) in [6.45, 7) is 3.68. The second-order valence-electron chi connectivity index (χ2n) is 6.77. The number of benzene rings is 2. The quantitative estimate of drug-likeness (QED) is 0.143. The van der Waals surface area contributed by atoms with Gasteiger partial charge < -0.3 is 9.47 Å². The number of nitrogens with zero attached hydrogens (tertiary/aromatic N) is 2. The summed E-state index contributed by atoms with van der Waals surface area (Å²) in [6, 6.07) is 6.02. The first-order valence-electron chi connectivity index (χ1n) is 9.45. The third kappa shape index (κ3) is 5.05. The molecule has 0 atom stereocenters. The summed E-state index contributed by atoms with van der Waals surface area (Å²) in [7, 11) is 1.33. The summed E-state index contributed by atoms with van der Waals surface area (Å²) in [5.74, 6) is -1.38. The van der Waals surface area contributed by atoms with Crippen molar-refractivity contribution in [1.82, 2.24) is 10.6 Å². The lowest BCUT2D eigenvalue weighted by Gasteiger charge is -2.18. The molecule has 1 heterocycles. The van der Waals surface area contributed by atoms with Crippen molar-refractivity contribution >= 4 is 46.6 Å². The molecule has 174 valence electrons. The Morgan fingerprint density at radius 2 is 1.74 bits per heavy atom. The fraction of sp³-hybridized carbons (Fsp3) is 0.0952. The van der Waals surface area contributed by atoms with Gasteiger partial charge in [0.25, 0.3) is 17.5 Å². The fourth-order valence-corrected chi connectivity index (χ4v) is 3.26. The van der Waals surface area contributed by atoms with E-state index in [1.54, 1.807) is 12.1 Å². The van der Waals surface area contributed by atoms with E-state index in [2.05, 4.69) is 17.2 Å². The summed E-state index contributed by atoms with van der Waals surface area (Å²) in [5, 5.41) is 27.0. The van der Waals surface area contributed by atoms with Gasteiger partial charge in [-0.25, -0.2) is 0 Å². The highest BCUT2D eigenvalue weighted by Gasteiger charge is 2.27. The molecular formula is C21H16N4O8S. The van der Waals surface area contributed by atoms with Crippen LogP contribution in [-0.4, -0.2) is 33.9 Å². The van der Waals surface area contributed by atoms with Gasteiger partial charge in [-0.15, -0.1) is 6.58 Å². The van der Waals surface area contributed by atoms with Gasteiger partial charge in [0.15, 0.2) is 16.6 Å². The Bertz CT molecular complexity index is 1270. The number of hydrogen-bond acceptors (Lipinski definition) is 9. The van der Waals surface area contributed by atoms with Crippen molar-refractivity contribution in [2.24, 2.45) is 0 Å². The van der Waals surface area contributed by atoms with Crippen LogP contribution >= 0.6 is 12.2 Å². The molecule has 0 bridgehead atoms. The minimum atomic E-state index is -0.800. The van der Waals surface area contributed by atoms with Crippen LogP contribution < -0.4 is 20.1 Å². The van der Waals surface area contributed by atoms with Gasteiger partial charge in [-0.2, -0.15) is 0 Å². The zero-order chi connectivity index (χ0) is 25.0. The molecule has 1 aliphatic heterocycles. The van der Waals surface area contributed by atoms with Gasteiger partial charge in [0.2, 0.25) is 5.75 Å². The number of nitro benzene ring substituents is 2. The Hall–Kier alpha value is -4.65. The van der Waals surface area contributed by atoms with Crippen molar-refractivity contribution in [3.63, 3.8) is 0 Å². The zero-order valence-electron chi connectivity index (χ0n) is 17.5. The fourth-order valence-electron chi connectivity index (χ4n) is 3.07. The van der Waals surface area contributed by atoms with E-state index in [1.165, 1.54) is 19.3 Å². The minimum Gasteiger partial charge on any atom is -0.493 e. The largest absolute Gasteiger partial charge is 0.493 e. The molecule has 0 spiro atoms. The molecule has 13 heteroatoms. The van der Waals surface area contributed by atoms with Crippen molar-refractivity contribution in [3.05, 3.63) is 79.9 Å². The van der Waals surface area contributed by atoms with Crippen molar-refractivity contribution < 1.29 is 28.9 Å². The Morgan fingerprint density at radius 1 is 1.06 bits per heavy atom. The van der Waals surface area contributed by atoms with Crippen molar-refractivity contribution in [2.45, 2.75) is 6.42 Å². The normalized spacial score (nSPS) is 13.0. The number of ether oxygens (including phenoxy) is 2. The van der Waals surface area contributed by atoms with Crippen molar-refractivity contribution in [3.8, 4) is 17.2 Å². The molecule has 2 N–H and O–H groups in total. The summed E-state index contributed by atoms with van der Waals surface area (Å²) in [6.07, 6.45) is 3.09. The number of rotatable bonds is 8. The van der Waals surface area contributed by atoms with E-state index < -0.39 is 33.0 Å². The minimum absolute atomic E-state index is 0.0974. The van der Waals surface area contributed by atoms with Crippen LogP contribution in [0.1, 0.15) is 11.1 Å². The van der Waals surface area contributed by atoms with E-state index in [4.69, 9.17) is 21.7 Å². The number of nitrogens with one attached hydrogen (secondary N) is 2. The number of carbonyl (C=O) groups excluding carboxylic acids is 2. The smallest absolute Gasteiger partial charge is 0.318 e. The molecule has 0 saturated carbocycles. The summed E-state index contributed by atoms with van der Waals surface area (Å²) in [4.78, 5) is 45.2. The summed E-state index contributed by atoms with van der Waals surface area (Å²) in [5.41, 5.74) is -0.422. The first-order valence-corrected chi connectivity index (χ1v) is 9.86. The molecule has 1 aliphatic rings. The van der Waals surface area contributed by atoms with E-state index in [9.17, 15) is 29.8 Å². The third-order valence-corrected chi connectivity index (χ3v) is 4.76. The average Bonchev–Trinajstić information content (AvgIpc) is 2.77. The monoisotopic (exact) mass is 484 g/mol. The van der Waals surface area contributed by atoms with E-state index in [0.29, 0.717) is 11.1 Å². The highest BCUT2D eigenvalue weighted by atomic mass is 32.1. The first-order chi connectivity index (χ1) is 16.1. The molecule has 0 aromatic heterocycles.